The molecule has 0 bridgehead atoms. The molecule has 2 heterocycles. The van der Waals surface area contributed by atoms with Crippen LogP contribution in [0, 0.1) is 0 Å². The summed E-state index contributed by atoms with van der Waals surface area (Å²) in [6, 6.07) is 10.6. The molecule has 3 aromatic rings. The molecule has 1 amide bonds. The lowest BCUT2D eigenvalue weighted by Gasteiger charge is -2.10. The van der Waals surface area contributed by atoms with Gasteiger partial charge in [0.05, 0.1) is 24.1 Å². The zero-order valence-corrected chi connectivity index (χ0v) is 16.6. The number of amides is 1. The molecule has 0 saturated carbocycles. The Morgan fingerprint density at radius 3 is 2.72 bits per heavy atom. The lowest BCUT2D eigenvalue weighted by molar-refractivity contribution is -0.116. The van der Waals surface area contributed by atoms with E-state index in [-0.39, 0.29) is 12.3 Å². The van der Waals surface area contributed by atoms with Gasteiger partial charge in [0.1, 0.15) is 5.82 Å². The van der Waals surface area contributed by atoms with E-state index in [0.717, 1.165) is 23.6 Å². The zero-order chi connectivity index (χ0) is 20.6. The van der Waals surface area contributed by atoms with Crippen molar-refractivity contribution >= 4 is 17.6 Å². The second-order valence-corrected chi connectivity index (χ2v) is 6.40. The number of benzene rings is 1. The summed E-state index contributed by atoms with van der Waals surface area (Å²) in [4.78, 5) is 32.9. The number of carbonyl (C=O) groups excluding carboxylic acids is 2. The van der Waals surface area contributed by atoms with Crippen molar-refractivity contribution in [2.24, 2.45) is 0 Å². The number of aryl methyl sites for hydroxylation is 1. The maximum atomic E-state index is 12.4. The third kappa shape index (κ3) is 5.07. The fraction of sp³-hybridized carbons (Fsp3) is 0.273. The molecule has 0 saturated heterocycles. The van der Waals surface area contributed by atoms with Gasteiger partial charge in [0.15, 0.2) is 0 Å². The smallest absolute Gasteiger partial charge is 0.338 e. The maximum Gasteiger partial charge on any atom is 0.338 e. The van der Waals surface area contributed by atoms with Crippen molar-refractivity contribution < 1.29 is 14.3 Å². The van der Waals surface area contributed by atoms with Crippen LogP contribution >= 0.6 is 0 Å². The average Bonchev–Trinajstić information content (AvgIpc) is 3.16. The molecule has 29 heavy (non-hydrogen) atoms. The summed E-state index contributed by atoms with van der Waals surface area (Å²) in [7, 11) is 0. The molecule has 0 aliphatic rings. The number of nitrogens with one attached hydrogen (secondary N) is 1. The van der Waals surface area contributed by atoms with E-state index >= 15 is 0 Å². The lowest BCUT2D eigenvalue weighted by Crippen LogP contribution is -2.15. The lowest BCUT2D eigenvalue weighted by atomic mass is 10.2. The van der Waals surface area contributed by atoms with E-state index in [0.29, 0.717) is 24.3 Å². The van der Waals surface area contributed by atoms with Gasteiger partial charge in [-0.2, -0.15) is 0 Å². The van der Waals surface area contributed by atoms with E-state index in [4.69, 9.17) is 4.74 Å². The molecule has 1 aromatic carbocycles. The summed E-state index contributed by atoms with van der Waals surface area (Å²) < 4.78 is 7.08. The molecule has 7 nitrogen and oxygen atoms in total. The number of anilines is 1. The molecule has 1 N–H and O–H groups in total. The van der Waals surface area contributed by atoms with E-state index in [9.17, 15) is 9.59 Å². The van der Waals surface area contributed by atoms with Crippen LogP contribution in [0.2, 0.25) is 0 Å². The van der Waals surface area contributed by atoms with Gasteiger partial charge in [-0.25, -0.2) is 9.78 Å². The molecule has 7 heteroatoms. The second kappa shape index (κ2) is 9.64. The number of ether oxygens (including phenoxy) is 1. The summed E-state index contributed by atoms with van der Waals surface area (Å²) in [6.07, 6.45) is 6.15. The SMILES string of the molecule is CCOC(=O)c1cccc(NC(=O)CCc2ncc(-c3cccnc3)n2CC)c1. The Labute approximate surface area is 169 Å². The first-order chi connectivity index (χ1) is 14.1. The van der Waals surface area contributed by atoms with Crippen LogP contribution in [0.15, 0.2) is 55.0 Å². The molecule has 2 aromatic heterocycles. The van der Waals surface area contributed by atoms with Crippen LogP contribution in [0.1, 0.15) is 36.5 Å². The van der Waals surface area contributed by atoms with Crippen LogP contribution in [0.4, 0.5) is 5.69 Å². The monoisotopic (exact) mass is 392 g/mol. The van der Waals surface area contributed by atoms with E-state index in [1.165, 1.54) is 0 Å². The van der Waals surface area contributed by atoms with Gasteiger partial charge in [0, 0.05) is 43.0 Å². The fourth-order valence-electron chi connectivity index (χ4n) is 3.10. The summed E-state index contributed by atoms with van der Waals surface area (Å²) in [5.74, 6) is 0.304. The van der Waals surface area contributed by atoms with Gasteiger partial charge >= 0.3 is 5.97 Å². The highest BCUT2D eigenvalue weighted by atomic mass is 16.5. The minimum absolute atomic E-state index is 0.139. The Morgan fingerprint density at radius 2 is 2.00 bits per heavy atom. The molecule has 0 unspecified atom stereocenters. The zero-order valence-electron chi connectivity index (χ0n) is 16.6. The quantitative estimate of drug-likeness (QED) is 0.591. The molecule has 0 radical (unpaired) electrons. The largest absolute Gasteiger partial charge is 0.462 e. The number of esters is 1. The van der Waals surface area contributed by atoms with Gasteiger partial charge in [0.25, 0.3) is 0 Å². The van der Waals surface area contributed by atoms with E-state index in [2.05, 4.69) is 19.9 Å². The first-order valence-electron chi connectivity index (χ1n) is 9.64. The first kappa shape index (κ1) is 20.3. The summed E-state index contributed by atoms with van der Waals surface area (Å²) in [6.45, 7) is 4.86. The minimum atomic E-state index is -0.406. The second-order valence-electron chi connectivity index (χ2n) is 6.40. The standard InChI is InChI=1S/C22H24N4O3/c1-3-26-19(17-8-6-12-23-14-17)15-24-20(26)10-11-21(27)25-18-9-5-7-16(13-18)22(28)29-4-2/h5-9,12-15H,3-4,10-11H2,1-2H3,(H,25,27). The van der Waals surface area contributed by atoms with Crippen molar-refractivity contribution in [2.45, 2.75) is 33.2 Å². The molecule has 0 aliphatic heterocycles. The van der Waals surface area contributed by atoms with Crippen molar-refractivity contribution in [3.05, 3.63) is 66.4 Å². The Balaban J connectivity index is 1.64. The minimum Gasteiger partial charge on any atom is -0.462 e. The van der Waals surface area contributed by atoms with E-state index in [1.54, 1.807) is 43.6 Å². The number of hydrogen-bond donors (Lipinski definition) is 1. The fourth-order valence-corrected chi connectivity index (χ4v) is 3.10. The maximum absolute atomic E-state index is 12.4. The van der Waals surface area contributed by atoms with Gasteiger partial charge in [-0.15, -0.1) is 0 Å². The van der Waals surface area contributed by atoms with Crippen molar-refractivity contribution in [1.29, 1.82) is 0 Å². The Morgan fingerprint density at radius 1 is 1.14 bits per heavy atom. The van der Waals surface area contributed by atoms with Gasteiger partial charge < -0.3 is 14.6 Å². The highest BCUT2D eigenvalue weighted by Gasteiger charge is 2.13. The summed E-state index contributed by atoms with van der Waals surface area (Å²) in [5.41, 5.74) is 2.95. The summed E-state index contributed by atoms with van der Waals surface area (Å²) in [5, 5.41) is 2.83. The molecule has 150 valence electrons. The Bertz CT molecular complexity index is 983. The van der Waals surface area contributed by atoms with Crippen LogP contribution in [0.3, 0.4) is 0 Å². The van der Waals surface area contributed by atoms with Gasteiger partial charge in [-0.3, -0.25) is 9.78 Å². The number of pyridine rings is 1. The number of imidazole rings is 1. The van der Waals surface area contributed by atoms with Crippen LogP contribution in [-0.4, -0.2) is 33.0 Å². The van der Waals surface area contributed by atoms with Crippen molar-refractivity contribution in [2.75, 3.05) is 11.9 Å². The number of aromatic nitrogens is 3. The van der Waals surface area contributed by atoms with Gasteiger partial charge in [-0.05, 0) is 44.2 Å². The number of hydrogen-bond acceptors (Lipinski definition) is 5. The molecule has 0 aliphatic carbocycles. The van der Waals surface area contributed by atoms with Crippen molar-refractivity contribution in [3.8, 4) is 11.3 Å². The number of carbonyl (C=O) groups is 2. The van der Waals surface area contributed by atoms with E-state index in [1.807, 2.05) is 25.3 Å². The van der Waals surface area contributed by atoms with E-state index < -0.39 is 5.97 Å². The highest BCUT2D eigenvalue weighted by molar-refractivity contribution is 5.94. The molecular weight excluding hydrogens is 368 g/mol. The van der Waals surface area contributed by atoms with Crippen LogP contribution in [-0.2, 0) is 22.5 Å². The molecular formula is C22H24N4O3. The predicted octanol–water partition coefficient (Wildman–Crippen LogP) is 3.71. The van der Waals surface area contributed by atoms with Crippen LogP contribution in [0.25, 0.3) is 11.3 Å². The normalized spacial score (nSPS) is 10.6. The van der Waals surface area contributed by atoms with Crippen molar-refractivity contribution in [1.82, 2.24) is 14.5 Å². The first-order valence-corrected chi connectivity index (χ1v) is 9.64. The van der Waals surface area contributed by atoms with Gasteiger partial charge in [-0.1, -0.05) is 6.07 Å². The number of rotatable bonds is 8. The molecule has 3 rings (SSSR count). The molecule has 0 spiro atoms. The number of nitrogens with zero attached hydrogens (tertiary/aromatic N) is 3. The average molecular weight is 392 g/mol. The Kier molecular flexibility index (Phi) is 6.73. The topological polar surface area (TPSA) is 86.1 Å². The van der Waals surface area contributed by atoms with Crippen LogP contribution in [0.5, 0.6) is 0 Å². The third-order valence-electron chi connectivity index (χ3n) is 4.44. The predicted molar refractivity (Wildman–Crippen MR) is 110 cm³/mol. The van der Waals surface area contributed by atoms with Crippen molar-refractivity contribution in [3.63, 3.8) is 0 Å². The van der Waals surface area contributed by atoms with Gasteiger partial charge in [0.2, 0.25) is 5.91 Å². The molecule has 0 atom stereocenters. The third-order valence-corrected chi connectivity index (χ3v) is 4.44. The highest BCUT2D eigenvalue weighted by Crippen LogP contribution is 2.21. The molecule has 0 fully saturated rings. The summed E-state index contributed by atoms with van der Waals surface area (Å²) >= 11 is 0. The Hall–Kier alpha value is -3.48. The van der Waals surface area contributed by atoms with Crippen LogP contribution < -0.4 is 5.32 Å².